The van der Waals surface area contributed by atoms with E-state index in [1.165, 1.54) is 0 Å². The lowest BCUT2D eigenvalue weighted by Crippen LogP contribution is -2.27. The van der Waals surface area contributed by atoms with Crippen LogP contribution in [0.3, 0.4) is 0 Å². The lowest BCUT2D eigenvalue weighted by atomic mass is 10.1. The maximum Gasteiger partial charge on any atom is 0.304 e. The van der Waals surface area contributed by atoms with Crippen molar-refractivity contribution >= 4 is 0 Å². The van der Waals surface area contributed by atoms with Crippen LogP contribution in [0.5, 0.6) is 0 Å². The lowest BCUT2D eigenvalue weighted by molar-refractivity contribution is 0.160. The average molecular weight is 210 g/mol. The Morgan fingerprint density at radius 3 is 2.47 bits per heavy atom. The van der Waals surface area contributed by atoms with Gasteiger partial charge in [0.25, 0.3) is 0 Å². The van der Waals surface area contributed by atoms with Crippen molar-refractivity contribution in [1.82, 2.24) is 9.71 Å². The summed E-state index contributed by atoms with van der Waals surface area (Å²) in [6.07, 6.45) is 2.23. The molecule has 4 nitrogen and oxygen atoms in total. The van der Waals surface area contributed by atoms with Gasteiger partial charge in [-0.1, -0.05) is 27.7 Å². The Labute approximate surface area is 89.5 Å². The third kappa shape index (κ3) is 2.58. The van der Waals surface area contributed by atoms with Crippen LogP contribution < -0.4 is 5.56 Å². The minimum absolute atomic E-state index is 0.0315. The first-order valence-electron chi connectivity index (χ1n) is 5.23. The second kappa shape index (κ2) is 4.47. The normalized spacial score (nSPS) is 11.3. The van der Waals surface area contributed by atoms with Gasteiger partial charge in [0.1, 0.15) is 5.69 Å². The summed E-state index contributed by atoms with van der Waals surface area (Å²) >= 11 is 0. The Kier molecular flexibility index (Phi) is 3.50. The Bertz CT molecular complexity index is 394. The van der Waals surface area contributed by atoms with Gasteiger partial charge in [0, 0.05) is 5.92 Å². The number of hydrogen-bond donors (Lipinski definition) is 1. The van der Waals surface area contributed by atoms with E-state index in [9.17, 15) is 10.0 Å². The molecule has 0 aliphatic heterocycles. The molecule has 0 amide bonds. The van der Waals surface area contributed by atoms with Crippen LogP contribution in [0.2, 0.25) is 0 Å². The first-order chi connectivity index (χ1) is 6.93. The molecule has 0 bridgehead atoms. The number of aromatic nitrogens is 2. The van der Waals surface area contributed by atoms with Gasteiger partial charge in [-0.25, -0.2) is 0 Å². The van der Waals surface area contributed by atoms with Gasteiger partial charge in [-0.05, 0) is 12.3 Å². The molecule has 0 unspecified atom stereocenters. The molecule has 0 aliphatic rings. The first-order valence-corrected chi connectivity index (χ1v) is 5.23. The van der Waals surface area contributed by atoms with Crippen LogP contribution in [0.25, 0.3) is 0 Å². The van der Waals surface area contributed by atoms with Gasteiger partial charge in [0.05, 0.1) is 11.9 Å². The summed E-state index contributed by atoms with van der Waals surface area (Å²) in [5.74, 6) is 0.415. The summed E-state index contributed by atoms with van der Waals surface area (Å²) in [5, 5.41) is 9.64. The fourth-order valence-electron chi connectivity index (χ4n) is 1.45. The minimum atomic E-state index is -0.400. The van der Waals surface area contributed by atoms with Crippen molar-refractivity contribution < 1.29 is 5.21 Å². The zero-order valence-corrected chi connectivity index (χ0v) is 9.69. The molecule has 15 heavy (non-hydrogen) atoms. The third-order valence-electron chi connectivity index (χ3n) is 2.20. The van der Waals surface area contributed by atoms with Gasteiger partial charge in [-0.15, -0.1) is 4.73 Å². The molecule has 1 N–H and O–H groups in total. The van der Waals surface area contributed by atoms with Crippen LogP contribution >= 0.6 is 0 Å². The highest BCUT2D eigenvalue weighted by Crippen LogP contribution is 2.08. The van der Waals surface area contributed by atoms with Crippen molar-refractivity contribution in [2.24, 2.45) is 5.92 Å². The molecular weight excluding hydrogens is 192 g/mol. The molecule has 0 saturated heterocycles. The molecule has 4 heteroatoms. The maximum atomic E-state index is 11.7. The molecular formula is C11H18N2O2. The van der Waals surface area contributed by atoms with Gasteiger partial charge in [0.15, 0.2) is 0 Å². The summed E-state index contributed by atoms with van der Waals surface area (Å²) in [5.41, 5.74) is 0.576. The predicted molar refractivity (Wildman–Crippen MR) is 58.3 cm³/mol. The summed E-state index contributed by atoms with van der Waals surface area (Å²) in [7, 11) is 0. The molecule has 1 heterocycles. The predicted octanol–water partition coefficient (Wildman–Crippen LogP) is 1.80. The monoisotopic (exact) mass is 210 g/mol. The van der Waals surface area contributed by atoms with E-state index in [4.69, 9.17) is 0 Å². The molecule has 0 atom stereocenters. The van der Waals surface area contributed by atoms with E-state index in [1.807, 2.05) is 27.7 Å². The minimum Gasteiger partial charge on any atom is -0.425 e. The fraction of sp³-hybridized carbons (Fsp3) is 0.636. The quantitative estimate of drug-likeness (QED) is 0.774. The van der Waals surface area contributed by atoms with Crippen molar-refractivity contribution in [1.29, 1.82) is 0 Å². The van der Waals surface area contributed by atoms with Crippen molar-refractivity contribution in [3.8, 4) is 0 Å². The van der Waals surface area contributed by atoms with Crippen molar-refractivity contribution in [2.75, 3.05) is 0 Å². The molecule has 84 valence electrons. The molecule has 0 aliphatic carbocycles. The summed E-state index contributed by atoms with van der Waals surface area (Å²) in [6.45, 7) is 7.82. The Morgan fingerprint density at radius 2 is 2.00 bits per heavy atom. The maximum absolute atomic E-state index is 11.7. The smallest absolute Gasteiger partial charge is 0.304 e. The van der Waals surface area contributed by atoms with Crippen LogP contribution in [0, 0.1) is 5.92 Å². The first kappa shape index (κ1) is 11.8. The number of rotatable bonds is 3. The molecule has 0 spiro atoms. The Morgan fingerprint density at radius 1 is 1.40 bits per heavy atom. The lowest BCUT2D eigenvalue weighted by Gasteiger charge is -2.10. The van der Waals surface area contributed by atoms with Crippen molar-refractivity contribution in [3.63, 3.8) is 0 Å². The highest BCUT2D eigenvalue weighted by Gasteiger charge is 2.12. The van der Waals surface area contributed by atoms with Crippen molar-refractivity contribution in [2.45, 2.75) is 40.0 Å². The van der Waals surface area contributed by atoms with Crippen LogP contribution in [-0.2, 0) is 6.42 Å². The standard InChI is InChI=1S/C11H18N2O2/c1-7(2)5-9-6-12-10(8(3)4)11(14)13(9)15/h6-8,15H,5H2,1-4H3. The number of nitrogens with zero attached hydrogens (tertiary/aromatic N) is 2. The molecule has 1 rings (SSSR count). The molecule has 0 aromatic carbocycles. The highest BCUT2D eigenvalue weighted by atomic mass is 16.5. The van der Waals surface area contributed by atoms with E-state index in [0.717, 1.165) is 4.73 Å². The molecule has 0 fully saturated rings. The van der Waals surface area contributed by atoms with Gasteiger partial charge >= 0.3 is 5.56 Å². The number of hydrogen-bond acceptors (Lipinski definition) is 3. The highest BCUT2D eigenvalue weighted by molar-refractivity contribution is 5.07. The van der Waals surface area contributed by atoms with Crippen molar-refractivity contribution in [3.05, 3.63) is 27.9 Å². The van der Waals surface area contributed by atoms with Crippen LogP contribution in [0.1, 0.15) is 45.0 Å². The van der Waals surface area contributed by atoms with E-state index in [2.05, 4.69) is 4.98 Å². The van der Waals surface area contributed by atoms with E-state index < -0.39 is 5.56 Å². The second-order valence-corrected chi connectivity index (χ2v) is 4.50. The topological polar surface area (TPSA) is 55.1 Å². The zero-order chi connectivity index (χ0) is 11.6. The summed E-state index contributed by atoms with van der Waals surface area (Å²) in [6, 6.07) is 0. The molecule has 0 saturated carbocycles. The molecule has 1 aromatic rings. The fourth-order valence-corrected chi connectivity index (χ4v) is 1.45. The summed E-state index contributed by atoms with van der Waals surface area (Å²) in [4.78, 5) is 15.8. The van der Waals surface area contributed by atoms with E-state index in [1.54, 1.807) is 6.20 Å². The largest absolute Gasteiger partial charge is 0.425 e. The third-order valence-corrected chi connectivity index (χ3v) is 2.20. The summed E-state index contributed by atoms with van der Waals surface area (Å²) < 4.78 is 0.725. The molecule has 0 radical (unpaired) electrons. The van der Waals surface area contributed by atoms with Crippen LogP contribution in [0.4, 0.5) is 0 Å². The van der Waals surface area contributed by atoms with E-state index >= 15 is 0 Å². The van der Waals surface area contributed by atoms with Gasteiger partial charge in [-0.3, -0.25) is 9.78 Å². The van der Waals surface area contributed by atoms with Crippen LogP contribution in [-0.4, -0.2) is 14.9 Å². The SMILES string of the molecule is CC(C)Cc1cnc(C(C)C)c(=O)n1O. The van der Waals surface area contributed by atoms with Gasteiger partial charge < -0.3 is 5.21 Å². The zero-order valence-electron chi connectivity index (χ0n) is 9.69. The average Bonchev–Trinajstić information content (AvgIpc) is 2.12. The van der Waals surface area contributed by atoms with E-state index in [0.29, 0.717) is 23.7 Å². The van der Waals surface area contributed by atoms with E-state index in [-0.39, 0.29) is 5.92 Å². The Balaban J connectivity index is 3.16. The van der Waals surface area contributed by atoms with Crippen LogP contribution in [0.15, 0.2) is 11.0 Å². The van der Waals surface area contributed by atoms with Gasteiger partial charge in [-0.2, -0.15) is 0 Å². The second-order valence-electron chi connectivity index (χ2n) is 4.50. The van der Waals surface area contributed by atoms with Gasteiger partial charge in [0.2, 0.25) is 0 Å². The Hall–Kier alpha value is -1.32. The molecule has 1 aromatic heterocycles.